The minimum Gasteiger partial charge on any atom is -0.409 e. The molecule has 1 N–H and O–H groups in total. The van der Waals surface area contributed by atoms with Gasteiger partial charge in [0.2, 0.25) is 0 Å². The molecule has 0 amide bonds. The lowest BCUT2D eigenvalue weighted by molar-refractivity contribution is 0.262. The fourth-order valence-electron chi connectivity index (χ4n) is 2.88. The number of nitrogens with one attached hydrogen (secondary N) is 1. The minimum atomic E-state index is -0.0635. The number of nitrogens with zero attached hydrogens (tertiary/aromatic N) is 3. The molecule has 6 nitrogen and oxygen atoms in total. The second-order valence-corrected chi connectivity index (χ2v) is 5.49. The molecule has 7 heteroatoms. The molecule has 0 spiro atoms. The van der Waals surface area contributed by atoms with Crippen molar-refractivity contribution in [1.29, 1.82) is 0 Å². The Morgan fingerprint density at radius 2 is 2.24 bits per heavy atom. The van der Waals surface area contributed by atoms with Gasteiger partial charge in [0.1, 0.15) is 5.56 Å². The highest BCUT2D eigenvalue weighted by atomic mass is 32.1. The Kier molecular flexibility index (Phi) is 3.77. The average Bonchev–Trinajstić information content (AvgIpc) is 2.92. The van der Waals surface area contributed by atoms with Crippen molar-refractivity contribution in [3.63, 3.8) is 0 Å². The molecule has 2 aromatic heterocycles. The van der Waals surface area contributed by atoms with E-state index in [1.165, 1.54) is 5.56 Å². The Morgan fingerprint density at radius 3 is 2.86 bits per heavy atom. The molecule has 0 atom stereocenters. The number of hydrogen-bond acceptors (Lipinski definition) is 5. The van der Waals surface area contributed by atoms with Crippen LogP contribution >= 0.6 is 12.2 Å². The maximum absolute atomic E-state index is 12.6. The highest BCUT2D eigenvalue weighted by Crippen LogP contribution is 2.22. The van der Waals surface area contributed by atoms with E-state index in [1.807, 2.05) is 17.6 Å². The predicted octanol–water partition coefficient (Wildman–Crippen LogP) is 1.96. The first-order valence-corrected chi connectivity index (χ1v) is 7.58. The first-order valence-electron chi connectivity index (χ1n) is 7.17. The van der Waals surface area contributed by atoms with Crippen molar-refractivity contribution in [3.05, 3.63) is 32.5 Å². The summed E-state index contributed by atoms with van der Waals surface area (Å²) < 4.78 is 7.14. The van der Waals surface area contributed by atoms with Crippen molar-refractivity contribution < 1.29 is 4.42 Å². The quantitative estimate of drug-likeness (QED) is 0.878. The van der Waals surface area contributed by atoms with Crippen molar-refractivity contribution >= 4 is 12.2 Å². The smallest absolute Gasteiger partial charge is 0.284 e. The van der Waals surface area contributed by atoms with Gasteiger partial charge >= 0.3 is 0 Å². The molecular weight excluding hydrogens is 288 g/mol. The lowest BCUT2D eigenvalue weighted by Crippen LogP contribution is -2.36. The Balaban J connectivity index is 2.19. The zero-order valence-electron chi connectivity index (χ0n) is 12.2. The second-order valence-electron chi connectivity index (χ2n) is 5.12. The molecule has 0 aromatic carbocycles. The lowest BCUT2D eigenvalue weighted by Gasteiger charge is -2.29. The number of pyridine rings is 1. The van der Waals surface area contributed by atoms with Gasteiger partial charge in [0, 0.05) is 31.7 Å². The van der Waals surface area contributed by atoms with Gasteiger partial charge in [-0.3, -0.25) is 9.69 Å². The van der Waals surface area contributed by atoms with Crippen molar-refractivity contribution in [2.45, 2.75) is 33.4 Å². The third-order valence-electron chi connectivity index (χ3n) is 3.98. The number of aromatic amines is 1. The first-order chi connectivity index (χ1) is 10.1. The summed E-state index contributed by atoms with van der Waals surface area (Å²) in [7, 11) is 0. The zero-order valence-corrected chi connectivity index (χ0v) is 13.0. The summed E-state index contributed by atoms with van der Waals surface area (Å²) in [5.74, 6) is 0.267. The maximum atomic E-state index is 12.6. The van der Waals surface area contributed by atoms with E-state index in [0.29, 0.717) is 12.1 Å². The summed E-state index contributed by atoms with van der Waals surface area (Å²) in [5, 5.41) is 6.56. The molecule has 21 heavy (non-hydrogen) atoms. The third kappa shape index (κ3) is 2.47. The number of aromatic nitrogens is 3. The normalized spacial score (nSPS) is 15.1. The van der Waals surface area contributed by atoms with Gasteiger partial charge in [-0.05, 0) is 37.3 Å². The van der Waals surface area contributed by atoms with E-state index in [-0.39, 0.29) is 16.3 Å². The molecule has 0 unspecified atom stereocenters. The highest BCUT2D eigenvalue weighted by molar-refractivity contribution is 7.71. The maximum Gasteiger partial charge on any atom is 0.284 e. The summed E-state index contributed by atoms with van der Waals surface area (Å²) in [6.07, 6.45) is 0.899. The molecule has 0 fully saturated rings. The zero-order chi connectivity index (χ0) is 15.0. The topological polar surface area (TPSA) is 67.1 Å². The molecule has 1 aliphatic heterocycles. The van der Waals surface area contributed by atoms with Crippen LogP contribution in [0.25, 0.3) is 11.5 Å². The summed E-state index contributed by atoms with van der Waals surface area (Å²) in [6, 6.07) is 1.90. The summed E-state index contributed by atoms with van der Waals surface area (Å²) >= 11 is 4.89. The Labute approximate surface area is 127 Å². The van der Waals surface area contributed by atoms with Gasteiger partial charge in [-0.2, -0.15) is 0 Å². The molecule has 0 aliphatic carbocycles. The van der Waals surface area contributed by atoms with Gasteiger partial charge in [0.05, 0.1) is 0 Å². The van der Waals surface area contributed by atoms with Crippen LogP contribution in [0.15, 0.2) is 15.3 Å². The standard InChI is InChI=1S/C14H18N4O2S/c1-3-17-6-5-11-9(8-17)7-10(13(19)18(11)4-2)12-15-16-14(21)20-12/h7H,3-6,8H2,1-2H3,(H,16,21). The number of likely N-dealkylation sites (N-methyl/N-ethyl adjacent to an activating group) is 1. The van der Waals surface area contributed by atoms with Crippen LogP contribution in [-0.4, -0.2) is 32.8 Å². The lowest BCUT2D eigenvalue weighted by atomic mass is 10.0. The van der Waals surface area contributed by atoms with Gasteiger partial charge in [-0.15, -0.1) is 5.10 Å². The third-order valence-corrected chi connectivity index (χ3v) is 4.16. The van der Waals surface area contributed by atoms with E-state index >= 15 is 0 Å². The van der Waals surface area contributed by atoms with E-state index in [9.17, 15) is 4.79 Å². The monoisotopic (exact) mass is 306 g/mol. The van der Waals surface area contributed by atoms with Gasteiger partial charge in [0.15, 0.2) is 0 Å². The summed E-state index contributed by atoms with van der Waals surface area (Å²) in [6.45, 7) is 7.62. The van der Waals surface area contributed by atoms with Crippen LogP contribution in [-0.2, 0) is 19.5 Å². The molecule has 112 valence electrons. The van der Waals surface area contributed by atoms with Crippen LogP contribution in [0.4, 0.5) is 0 Å². The van der Waals surface area contributed by atoms with E-state index in [2.05, 4.69) is 22.0 Å². The van der Waals surface area contributed by atoms with Gasteiger partial charge in [0.25, 0.3) is 16.3 Å². The molecule has 0 saturated heterocycles. The first kappa shape index (κ1) is 14.2. The van der Waals surface area contributed by atoms with E-state index in [1.54, 1.807) is 0 Å². The summed E-state index contributed by atoms with van der Waals surface area (Å²) in [5.41, 5.74) is 2.71. The number of hydrogen-bond donors (Lipinski definition) is 1. The Hall–Kier alpha value is -1.73. The number of H-pyrrole nitrogens is 1. The predicted molar refractivity (Wildman–Crippen MR) is 81.7 cm³/mol. The fourth-order valence-corrected chi connectivity index (χ4v) is 3.00. The molecule has 0 saturated carbocycles. The highest BCUT2D eigenvalue weighted by Gasteiger charge is 2.22. The van der Waals surface area contributed by atoms with Gasteiger partial charge in [-0.1, -0.05) is 6.92 Å². The SMILES string of the molecule is CCN1CCc2c(cc(-c3n[nH]c(=S)o3)c(=O)n2CC)C1. The van der Waals surface area contributed by atoms with Crippen LogP contribution < -0.4 is 5.56 Å². The molecule has 3 rings (SSSR count). The fraction of sp³-hybridized carbons (Fsp3) is 0.500. The van der Waals surface area contributed by atoms with Crippen LogP contribution in [0.2, 0.25) is 0 Å². The summed E-state index contributed by atoms with van der Waals surface area (Å²) in [4.78, 5) is 15.2. The minimum absolute atomic E-state index is 0.0635. The van der Waals surface area contributed by atoms with Crippen molar-refractivity contribution in [2.24, 2.45) is 0 Å². The Morgan fingerprint density at radius 1 is 1.43 bits per heavy atom. The number of fused-ring (bicyclic) bond motifs is 1. The van der Waals surface area contributed by atoms with Crippen molar-refractivity contribution in [2.75, 3.05) is 13.1 Å². The van der Waals surface area contributed by atoms with E-state index < -0.39 is 0 Å². The van der Waals surface area contributed by atoms with Crippen LogP contribution in [0.5, 0.6) is 0 Å². The molecule has 3 heterocycles. The molecular formula is C14H18N4O2S. The van der Waals surface area contributed by atoms with Crippen LogP contribution in [0.1, 0.15) is 25.1 Å². The largest absolute Gasteiger partial charge is 0.409 e. The van der Waals surface area contributed by atoms with Crippen LogP contribution in [0, 0.1) is 4.84 Å². The number of rotatable bonds is 3. The van der Waals surface area contributed by atoms with Gasteiger partial charge in [-0.25, -0.2) is 5.10 Å². The van der Waals surface area contributed by atoms with Crippen molar-refractivity contribution in [1.82, 2.24) is 19.7 Å². The average molecular weight is 306 g/mol. The van der Waals surface area contributed by atoms with Gasteiger partial charge < -0.3 is 8.98 Å². The van der Waals surface area contributed by atoms with E-state index in [4.69, 9.17) is 16.6 Å². The Bertz CT molecular complexity index is 774. The molecule has 0 bridgehead atoms. The van der Waals surface area contributed by atoms with Crippen molar-refractivity contribution in [3.8, 4) is 11.5 Å². The van der Waals surface area contributed by atoms with Crippen LogP contribution in [0.3, 0.4) is 0 Å². The molecule has 1 aliphatic rings. The molecule has 0 radical (unpaired) electrons. The second kappa shape index (κ2) is 5.57. The van der Waals surface area contributed by atoms with E-state index in [0.717, 1.165) is 31.7 Å². The molecule has 2 aromatic rings.